The van der Waals surface area contributed by atoms with Crippen molar-refractivity contribution in [2.45, 2.75) is 5.03 Å². The summed E-state index contributed by atoms with van der Waals surface area (Å²) >= 11 is 0. The molecule has 1 aromatic rings. The van der Waals surface area contributed by atoms with Gasteiger partial charge in [-0.1, -0.05) is 10.8 Å². The van der Waals surface area contributed by atoms with Gasteiger partial charge in [0.1, 0.15) is 0 Å². The maximum absolute atomic E-state index is 10.6. The van der Waals surface area contributed by atoms with Crippen LogP contribution in [0.4, 0.5) is 5.69 Å². The first kappa shape index (κ1) is 11.3. The van der Waals surface area contributed by atoms with E-state index in [0.717, 1.165) is 12.3 Å². The molecule has 0 unspecified atom stereocenters. The highest BCUT2D eigenvalue weighted by molar-refractivity contribution is 8.76. The van der Waals surface area contributed by atoms with Crippen molar-refractivity contribution in [2.75, 3.05) is 12.3 Å². The van der Waals surface area contributed by atoms with Crippen molar-refractivity contribution in [1.82, 2.24) is 4.98 Å². The molecule has 0 bridgehead atoms. The molecule has 0 saturated heterocycles. The molecule has 5 nitrogen and oxygen atoms in total. The van der Waals surface area contributed by atoms with Gasteiger partial charge in [-0.05, 0) is 16.9 Å². The van der Waals surface area contributed by atoms with Crippen molar-refractivity contribution in [2.24, 2.45) is 0 Å². The van der Waals surface area contributed by atoms with Gasteiger partial charge >= 0.3 is 5.69 Å². The zero-order valence-corrected chi connectivity index (χ0v) is 9.01. The van der Waals surface area contributed by atoms with Gasteiger partial charge in [-0.3, -0.25) is 10.1 Å². The van der Waals surface area contributed by atoms with E-state index in [-0.39, 0.29) is 5.69 Å². The van der Waals surface area contributed by atoms with E-state index in [1.807, 2.05) is 0 Å². The van der Waals surface area contributed by atoms with Crippen molar-refractivity contribution >= 4 is 27.3 Å². The van der Waals surface area contributed by atoms with Gasteiger partial charge in [0.2, 0.25) is 0 Å². The summed E-state index contributed by atoms with van der Waals surface area (Å²) in [5, 5.41) is 11.0. The third kappa shape index (κ3) is 3.17. The van der Waals surface area contributed by atoms with Crippen LogP contribution in [0.15, 0.2) is 23.4 Å². The van der Waals surface area contributed by atoms with E-state index in [0.29, 0.717) is 5.03 Å². The van der Waals surface area contributed by atoms with Crippen LogP contribution in [0, 0.1) is 10.1 Å². The topological polar surface area (TPSA) is 83.7 Å². The van der Waals surface area contributed by atoms with E-state index in [1.165, 1.54) is 27.7 Å². The number of nitrogens with zero attached hydrogens (tertiary/aromatic N) is 2. The van der Waals surface area contributed by atoms with Gasteiger partial charge in [0.15, 0.2) is 5.03 Å². The smallest absolute Gasteiger partial charge is 0.302 e. The molecular formula is C7H10N3O2S2+. The molecule has 0 aromatic carbocycles. The molecule has 14 heavy (non-hydrogen) atoms. The van der Waals surface area contributed by atoms with Crippen LogP contribution in [0.3, 0.4) is 0 Å². The maximum Gasteiger partial charge on any atom is 0.302 e. The van der Waals surface area contributed by atoms with Gasteiger partial charge in [0.25, 0.3) is 0 Å². The average Bonchev–Trinajstić information content (AvgIpc) is 2.19. The molecule has 1 rings (SSSR count). The predicted octanol–water partition coefficient (Wildman–Crippen LogP) is 0.972. The summed E-state index contributed by atoms with van der Waals surface area (Å²) in [6.07, 6.45) is 1.56. The molecule has 0 fully saturated rings. The van der Waals surface area contributed by atoms with Crippen LogP contribution in [-0.4, -0.2) is 22.2 Å². The summed E-state index contributed by atoms with van der Waals surface area (Å²) < 4.78 is 0. The minimum Gasteiger partial charge on any atom is -0.357 e. The highest BCUT2D eigenvalue weighted by Crippen LogP contribution is 2.34. The van der Waals surface area contributed by atoms with Gasteiger partial charge in [-0.25, -0.2) is 4.98 Å². The second-order valence-electron chi connectivity index (χ2n) is 2.34. The fraction of sp³-hybridized carbons (Fsp3) is 0.286. The monoisotopic (exact) mass is 232 g/mol. The zero-order chi connectivity index (χ0) is 10.4. The van der Waals surface area contributed by atoms with Crippen LogP contribution in [-0.2, 0) is 0 Å². The minimum absolute atomic E-state index is 0.0639. The standard InChI is InChI=1S/C7H9N3O2S2/c8-3-5-13-14-7-6(10(11)12)2-1-4-9-7/h1-2,4H,3,5,8H2/p+1. The van der Waals surface area contributed by atoms with E-state index in [2.05, 4.69) is 10.7 Å². The van der Waals surface area contributed by atoms with Crippen LogP contribution in [0.2, 0.25) is 0 Å². The summed E-state index contributed by atoms with van der Waals surface area (Å²) in [5.74, 6) is 0.860. The molecule has 1 aromatic heterocycles. The van der Waals surface area contributed by atoms with E-state index < -0.39 is 4.92 Å². The number of quaternary nitrogens is 1. The lowest BCUT2D eigenvalue weighted by molar-refractivity contribution is -0.388. The minimum atomic E-state index is -0.417. The lowest BCUT2D eigenvalue weighted by Gasteiger charge is -1.98. The molecule has 0 radical (unpaired) electrons. The van der Waals surface area contributed by atoms with Crippen LogP contribution in [0.25, 0.3) is 0 Å². The highest BCUT2D eigenvalue weighted by Gasteiger charge is 2.14. The third-order valence-corrected chi connectivity index (χ3v) is 3.69. The molecule has 76 valence electrons. The fourth-order valence-corrected chi connectivity index (χ4v) is 2.71. The molecule has 0 atom stereocenters. The molecule has 0 aliphatic rings. The second kappa shape index (κ2) is 5.84. The summed E-state index contributed by atoms with van der Waals surface area (Å²) in [4.78, 5) is 14.1. The first-order valence-electron chi connectivity index (χ1n) is 3.94. The SMILES string of the molecule is [NH3+]CCSSc1ncccc1[N+](=O)[O-]. The van der Waals surface area contributed by atoms with Crippen molar-refractivity contribution < 1.29 is 10.7 Å². The van der Waals surface area contributed by atoms with Gasteiger partial charge in [0, 0.05) is 12.3 Å². The zero-order valence-electron chi connectivity index (χ0n) is 7.38. The Hall–Kier alpha value is -0.790. The van der Waals surface area contributed by atoms with Gasteiger partial charge < -0.3 is 5.73 Å². The molecule has 0 spiro atoms. The molecule has 0 aliphatic heterocycles. The lowest BCUT2D eigenvalue weighted by atomic mass is 10.4. The number of nitro groups is 1. The van der Waals surface area contributed by atoms with Crippen molar-refractivity contribution in [3.8, 4) is 0 Å². The molecule has 0 amide bonds. The average molecular weight is 232 g/mol. The Kier molecular flexibility index (Phi) is 4.71. The van der Waals surface area contributed by atoms with Crippen LogP contribution in [0.1, 0.15) is 0 Å². The van der Waals surface area contributed by atoms with Crippen LogP contribution < -0.4 is 5.73 Å². The van der Waals surface area contributed by atoms with Crippen molar-refractivity contribution in [3.05, 3.63) is 28.4 Å². The van der Waals surface area contributed by atoms with Crippen LogP contribution >= 0.6 is 21.6 Å². The first-order chi connectivity index (χ1) is 6.75. The number of rotatable bonds is 5. The van der Waals surface area contributed by atoms with Gasteiger partial charge in [-0.2, -0.15) is 0 Å². The Labute approximate surface area is 89.0 Å². The Morgan fingerprint density at radius 2 is 2.43 bits per heavy atom. The number of hydrogen-bond acceptors (Lipinski definition) is 5. The van der Waals surface area contributed by atoms with Gasteiger partial charge in [0.05, 0.1) is 17.2 Å². The normalized spacial score (nSPS) is 10.1. The highest BCUT2D eigenvalue weighted by atomic mass is 33.1. The summed E-state index contributed by atoms with van der Waals surface area (Å²) in [6.45, 7) is 0.804. The molecule has 1 heterocycles. The van der Waals surface area contributed by atoms with E-state index in [4.69, 9.17) is 0 Å². The first-order valence-corrected chi connectivity index (χ1v) is 6.25. The quantitative estimate of drug-likeness (QED) is 0.354. The Morgan fingerprint density at radius 1 is 1.64 bits per heavy atom. The second-order valence-corrected chi connectivity index (χ2v) is 4.75. The number of aromatic nitrogens is 1. The Bertz CT molecular complexity index is 322. The number of pyridine rings is 1. The van der Waals surface area contributed by atoms with E-state index in [1.54, 1.807) is 12.3 Å². The van der Waals surface area contributed by atoms with Crippen LogP contribution in [0.5, 0.6) is 0 Å². The number of hydrogen-bond donors (Lipinski definition) is 1. The lowest BCUT2D eigenvalue weighted by Crippen LogP contribution is -2.51. The predicted molar refractivity (Wildman–Crippen MR) is 57.0 cm³/mol. The maximum atomic E-state index is 10.6. The van der Waals surface area contributed by atoms with Gasteiger partial charge in [-0.15, -0.1) is 0 Å². The summed E-state index contributed by atoms with van der Waals surface area (Å²) in [7, 11) is 2.85. The van der Waals surface area contributed by atoms with Crippen molar-refractivity contribution in [3.63, 3.8) is 0 Å². The largest absolute Gasteiger partial charge is 0.357 e. The Balaban J connectivity index is 2.69. The molecule has 3 N–H and O–H groups in total. The third-order valence-electron chi connectivity index (χ3n) is 1.31. The molecular weight excluding hydrogens is 222 g/mol. The molecule has 7 heteroatoms. The molecule has 0 saturated carbocycles. The van der Waals surface area contributed by atoms with E-state index in [9.17, 15) is 10.1 Å². The summed E-state index contributed by atoms with van der Waals surface area (Å²) in [6, 6.07) is 3.02. The van der Waals surface area contributed by atoms with E-state index >= 15 is 0 Å². The van der Waals surface area contributed by atoms with Crippen molar-refractivity contribution in [1.29, 1.82) is 0 Å². The Morgan fingerprint density at radius 3 is 3.07 bits per heavy atom. The fourth-order valence-electron chi connectivity index (χ4n) is 0.742. The summed E-state index contributed by atoms with van der Waals surface area (Å²) in [5.41, 5.74) is 3.75. The molecule has 0 aliphatic carbocycles.